The summed E-state index contributed by atoms with van der Waals surface area (Å²) in [5, 5.41) is 2.90. The van der Waals surface area contributed by atoms with Gasteiger partial charge in [-0.3, -0.25) is 4.79 Å². The van der Waals surface area contributed by atoms with Crippen LogP contribution in [-0.2, 0) is 11.2 Å². The van der Waals surface area contributed by atoms with Gasteiger partial charge in [-0.1, -0.05) is 0 Å². The van der Waals surface area contributed by atoms with Gasteiger partial charge in [-0.25, -0.2) is 0 Å². The Hall–Kier alpha value is -0.770. The summed E-state index contributed by atoms with van der Waals surface area (Å²) in [7, 11) is 0. The van der Waals surface area contributed by atoms with Crippen molar-refractivity contribution in [1.82, 2.24) is 5.32 Å². The van der Waals surface area contributed by atoms with Crippen LogP contribution in [0.25, 0.3) is 0 Å². The Morgan fingerprint density at radius 2 is 2.54 bits per heavy atom. The lowest BCUT2D eigenvalue weighted by atomic mass is 10.1. The molecule has 0 aliphatic carbocycles. The fraction of sp³-hybridized carbons (Fsp3) is 0.444. The van der Waals surface area contributed by atoms with Crippen molar-refractivity contribution in [3.8, 4) is 0 Å². The molecule has 1 fully saturated rings. The van der Waals surface area contributed by atoms with Crippen LogP contribution in [0.2, 0.25) is 0 Å². The maximum absolute atomic E-state index is 10.9. The second-order valence-electron chi connectivity index (χ2n) is 3.20. The predicted octanol–water partition coefficient (Wildman–Crippen LogP) is 1.86. The van der Waals surface area contributed by atoms with Gasteiger partial charge in [0.2, 0.25) is 5.91 Å². The zero-order chi connectivity index (χ0) is 9.26. The summed E-state index contributed by atoms with van der Waals surface area (Å²) in [5.74, 6) is 1.06. The molecule has 70 valence electrons. The molecule has 1 amide bonds. The molecule has 1 saturated heterocycles. The van der Waals surface area contributed by atoms with Gasteiger partial charge in [0, 0.05) is 18.9 Å². The summed E-state index contributed by atoms with van der Waals surface area (Å²) in [4.78, 5) is 10.9. The van der Waals surface area contributed by atoms with Gasteiger partial charge in [-0.2, -0.15) is 0 Å². The number of rotatable bonds is 2. The highest BCUT2D eigenvalue weighted by atomic mass is 79.9. The van der Waals surface area contributed by atoms with Gasteiger partial charge in [0.05, 0.1) is 10.7 Å². The molecular formula is C9H10BrNO2. The van der Waals surface area contributed by atoms with E-state index >= 15 is 0 Å². The number of carbonyl (C=O) groups excluding carboxylic acids is 1. The third kappa shape index (κ3) is 1.94. The zero-order valence-corrected chi connectivity index (χ0v) is 8.63. The Bertz CT molecular complexity index is 321. The number of hydrogen-bond donors (Lipinski definition) is 1. The number of amides is 1. The third-order valence-corrected chi connectivity index (χ3v) is 2.91. The van der Waals surface area contributed by atoms with Crippen LogP contribution in [-0.4, -0.2) is 11.9 Å². The normalized spacial score (nSPS) is 21.9. The molecule has 1 aromatic heterocycles. The molecule has 1 aromatic rings. The van der Waals surface area contributed by atoms with E-state index in [-0.39, 0.29) is 11.9 Å². The van der Waals surface area contributed by atoms with Crippen LogP contribution in [0.1, 0.15) is 18.6 Å². The standard InChI is InChI=1S/C9H10BrNO2/c10-7-3-4-13-8(7)5-6-1-2-9(12)11-6/h3-4,6H,1-2,5H2,(H,11,12). The molecule has 1 unspecified atom stereocenters. The van der Waals surface area contributed by atoms with Crippen LogP contribution in [0.15, 0.2) is 21.2 Å². The van der Waals surface area contributed by atoms with Gasteiger partial charge in [-0.15, -0.1) is 0 Å². The van der Waals surface area contributed by atoms with Crippen molar-refractivity contribution >= 4 is 21.8 Å². The molecule has 13 heavy (non-hydrogen) atoms. The largest absolute Gasteiger partial charge is 0.468 e. The summed E-state index contributed by atoms with van der Waals surface area (Å²) in [5.41, 5.74) is 0. The summed E-state index contributed by atoms with van der Waals surface area (Å²) in [6.45, 7) is 0. The summed E-state index contributed by atoms with van der Waals surface area (Å²) in [6.07, 6.45) is 3.98. The molecule has 2 rings (SSSR count). The van der Waals surface area contributed by atoms with Gasteiger partial charge >= 0.3 is 0 Å². The Labute approximate surface area is 84.6 Å². The molecule has 0 aromatic carbocycles. The van der Waals surface area contributed by atoms with E-state index in [0.717, 1.165) is 23.1 Å². The number of halogens is 1. The summed E-state index contributed by atoms with van der Waals surface area (Å²) >= 11 is 3.38. The maximum atomic E-state index is 10.9. The molecule has 1 aliphatic heterocycles. The molecule has 3 nitrogen and oxygen atoms in total. The van der Waals surface area contributed by atoms with Crippen LogP contribution in [0.5, 0.6) is 0 Å². The van der Waals surface area contributed by atoms with E-state index in [2.05, 4.69) is 21.2 Å². The van der Waals surface area contributed by atoms with Gasteiger partial charge in [0.15, 0.2) is 0 Å². The second-order valence-corrected chi connectivity index (χ2v) is 4.05. The number of carbonyl (C=O) groups is 1. The van der Waals surface area contributed by atoms with Crippen LogP contribution in [0.3, 0.4) is 0 Å². The molecule has 0 radical (unpaired) electrons. The van der Waals surface area contributed by atoms with Crippen LogP contribution in [0, 0.1) is 0 Å². The van der Waals surface area contributed by atoms with Crippen LogP contribution in [0.4, 0.5) is 0 Å². The number of nitrogens with one attached hydrogen (secondary N) is 1. The number of furan rings is 1. The van der Waals surface area contributed by atoms with E-state index in [1.807, 2.05) is 6.07 Å². The number of hydrogen-bond acceptors (Lipinski definition) is 2. The second kappa shape index (κ2) is 3.54. The summed E-state index contributed by atoms with van der Waals surface area (Å²) < 4.78 is 6.24. The van der Waals surface area contributed by atoms with Crippen molar-refractivity contribution < 1.29 is 9.21 Å². The fourth-order valence-corrected chi connectivity index (χ4v) is 1.89. The maximum Gasteiger partial charge on any atom is 0.220 e. The van der Waals surface area contributed by atoms with Gasteiger partial charge in [0.1, 0.15) is 5.76 Å². The Morgan fingerprint density at radius 1 is 1.69 bits per heavy atom. The molecule has 2 heterocycles. The highest BCUT2D eigenvalue weighted by Gasteiger charge is 2.22. The lowest BCUT2D eigenvalue weighted by Gasteiger charge is -2.07. The van der Waals surface area contributed by atoms with Crippen molar-refractivity contribution in [1.29, 1.82) is 0 Å². The SMILES string of the molecule is O=C1CCC(Cc2occc2Br)N1. The highest BCUT2D eigenvalue weighted by Crippen LogP contribution is 2.21. The van der Waals surface area contributed by atoms with Gasteiger partial charge in [0.25, 0.3) is 0 Å². The van der Waals surface area contributed by atoms with Crippen LogP contribution >= 0.6 is 15.9 Å². The van der Waals surface area contributed by atoms with Crippen molar-refractivity contribution in [3.63, 3.8) is 0 Å². The van der Waals surface area contributed by atoms with Crippen molar-refractivity contribution in [3.05, 3.63) is 22.6 Å². The first-order chi connectivity index (χ1) is 6.25. The van der Waals surface area contributed by atoms with E-state index in [4.69, 9.17) is 4.42 Å². The van der Waals surface area contributed by atoms with Gasteiger partial charge in [-0.05, 0) is 28.4 Å². The molecule has 0 saturated carbocycles. The average Bonchev–Trinajstić information content (AvgIpc) is 2.64. The third-order valence-electron chi connectivity index (χ3n) is 2.21. The van der Waals surface area contributed by atoms with Crippen molar-refractivity contribution in [2.45, 2.75) is 25.3 Å². The van der Waals surface area contributed by atoms with E-state index in [9.17, 15) is 4.79 Å². The lowest BCUT2D eigenvalue weighted by molar-refractivity contribution is -0.119. The molecule has 1 aliphatic rings. The Kier molecular flexibility index (Phi) is 2.40. The van der Waals surface area contributed by atoms with Crippen molar-refractivity contribution in [2.24, 2.45) is 0 Å². The molecule has 0 spiro atoms. The molecule has 4 heteroatoms. The smallest absolute Gasteiger partial charge is 0.220 e. The fourth-order valence-electron chi connectivity index (χ4n) is 1.52. The molecular weight excluding hydrogens is 234 g/mol. The Morgan fingerprint density at radius 3 is 3.08 bits per heavy atom. The molecule has 1 N–H and O–H groups in total. The minimum absolute atomic E-state index is 0.146. The molecule has 0 bridgehead atoms. The zero-order valence-electron chi connectivity index (χ0n) is 7.05. The lowest BCUT2D eigenvalue weighted by Crippen LogP contribution is -2.27. The Balaban J connectivity index is 1.99. The van der Waals surface area contributed by atoms with Crippen molar-refractivity contribution in [2.75, 3.05) is 0 Å². The average molecular weight is 244 g/mol. The minimum Gasteiger partial charge on any atom is -0.468 e. The summed E-state index contributed by atoms with van der Waals surface area (Å²) in [6, 6.07) is 2.11. The topological polar surface area (TPSA) is 42.2 Å². The van der Waals surface area contributed by atoms with Crippen LogP contribution < -0.4 is 5.32 Å². The van der Waals surface area contributed by atoms with E-state index in [1.165, 1.54) is 0 Å². The first kappa shape index (κ1) is 8.81. The quantitative estimate of drug-likeness (QED) is 0.862. The first-order valence-electron chi connectivity index (χ1n) is 4.27. The minimum atomic E-state index is 0.146. The predicted molar refractivity (Wildman–Crippen MR) is 51.3 cm³/mol. The highest BCUT2D eigenvalue weighted by molar-refractivity contribution is 9.10. The monoisotopic (exact) mass is 243 g/mol. The van der Waals surface area contributed by atoms with E-state index in [1.54, 1.807) is 6.26 Å². The molecule has 1 atom stereocenters. The first-order valence-corrected chi connectivity index (χ1v) is 5.06. The van der Waals surface area contributed by atoms with Gasteiger partial charge < -0.3 is 9.73 Å². The van der Waals surface area contributed by atoms with E-state index < -0.39 is 0 Å². The van der Waals surface area contributed by atoms with E-state index in [0.29, 0.717) is 6.42 Å².